The van der Waals surface area contributed by atoms with Crippen LogP contribution in [-0.4, -0.2) is 30.9 Å². The third-order valence-corrected chi connectivity index (χ3v) is 4.06. The summed E-state index contributed by atoms with van der Waals surface area (Å²) in [5.41, 5.74) is 1.18. The minimum Gasteiger partial charge on any atom is -0.338 e. The number of aryl methyl sites for hydroxylation is 1. The van der Waals surface area contributed by atoms with Gasteiger partial charge in [0.15, 0.2) is 5.82 Å². The van der Waals surface area contributed by atoms with Gasteiger partial charge in [0.1, 0.15) is 12.2 Å². The molecule has 1 aromatic carbocycles. The molecule has 3 aromatic rings. The first kappa shape index (κ1) is 14.1. The molecule has 1 atom stereocenters. The summed E-state index contributed by atoms with van der Waals surface area (Å²) < 4.78 is 7.28. The topological polar surface area (TPSA) is 81.7 Å². The molecule has 1 unspecified atom stereocenters. The van der Waals surface area contributed by atoms with Crippen LogP contribution in [0.2, 0.25) is 0 Å². The van der Waals surface area contributed by atoms with Crippen molar-refractivity contribution in [3.8, 4) is 0 Å². The van der Waals surface area contributed by atoms with Gasteiger partial charge in [-0.25, -0.2) is 9.67 Å². The minimum atomic E-state index is 0.355. The summed E-state index contributed by atoms with van der Waals surface area (Å²) in [5, 5.41) is 11.7. The van der Waals surface area contributed by atoms with Crippen molar-refractivity contribution < 1.29 is 4.52 Å². The van der Waals surface area contributed by atoms with Gasteiger partial charge in [-0.1, -0.05) is 35.5 Å². The summed E-state index contributed by atoms with van der Waals surface area (Å²) in [6.45, 7) is 1.41. The van der Waals surface area contributed by atoms with E-state index >= 15 is 0 Å². The van der Waals surface area contributed by atoms with Crippen LogP contribution in [0.15, 0.2) is 41.2 Å². The second-order valence-electron chi connectivity index (χ2n) is 5.74. The normalized spacial score (nSPS) is 17.1. The van der Waals surface area contributed by atoms with E-state index in [9.17, 15) is 0 Å². The first-order valence-corrected chi connectivity index (χ1v) is 7.82. The Morgan fingerprint density at radius 2 is 2.17 bits per heavy atom. The Morgan fingerprint density at radius 1 is 1.26 bits per heavy atom. The zero-order valence-corrected chi connectivity index (χ0v) is 12.7. The molecule has 2 aromatic heterocycles. The van der Waals surface area contributed by atoms with Crippen molar-refractivity contribution in [2.45, 2.75) is 38.4 Å². The largest absolute Gasteiger partial charge is 0.338 e. The highest BCUT2D eigenvalue weighted by Crippen LogP contribution is 2.12. The monoisotopic (exact) mass is 310 g/mol. The number of hydrogen-bond donors (Lipinski definition) is 1. The van der Waals surface area contributed by atoms with E-state index in [1.807, 2.05) is 22.9 Å². The first-order valence-electron chi connectivity index (χ1n) is 7.82. The zero-order valence-electron chi connectivity index (χ0n) is 12.7. The van der Waals surface area contributed by atoms with E-state index in [0.717, 1.165) is 31.0 Å². The van der Waals surface area contributed by atoms with Gasteiger partial charge in [0.05, 0.1) is 13.1 Å². The van der Waals surface area contributed by atoms with Crippen molar-refractivity contribution in [3.63, 3.8) is 0 Å². The number of nitrogens with zero attached hydrogens (tertiary/aromatic N) is 5. The van der Waals surface area contributed by atoms with Gasteiger partial charge in [-0.05, 0) is 12.0 Å². The maximum atomic E-state index is 5.32. The molecule has 1 N–H and O–H groups in total. The van der Waals surface area contributed by atoms with Crippen LogP contribution >= 0.6 is 0 Å². The number of rotatable bonds is 5. The fraction of sp³-hybridized carbons (Fsp3) is 0.375. The van der Waals surface area contributed by atoms with Crippen molar-refractivity contribution in [2.75, 3.05) is 0 Å². The highest BCUT2D eigenvalue weighted by Gasteiger charge is 2.20. The second kappa shape index (κ2) is 6.29. The molecule has 0 saturated carbocycles. The van der Waals surface area contributed by atoms with Crippen LogP contribution < -0.4 is 5.32 Å². The highest BCUT2D eigenvalue weighted by atomic mass is 16.5. The van der Waals surface area contributed by atoms with E-state index in [4.69, 9.17) is 4.52 Å². The van der Waals surface area contributed by atoms with E-state index in [0.29, 0.717) is 24.9 Å². The number of hydrogen-bond acceptors (Lipinski definition) is 6. The maximum absolute atomic E-state index is 5.32. The van der Waals surface area contributed by atoms with Gasteiger partial charge in [-0.2, -0.15) is 10.1 Å². The van der Waals surface area contributed by atoms with Crippen LogP contribution in [-0.2, 0) is 25.9 Å². The van der Waals surface area contributed by atoms with Gasteiger partial charge in [0.2, 0.25) is 5.89 Å². The van der Waals surface area contributed by atoms with Gasteiger partial charge in [-0.15, -0.1) is 0 Å². The lowest BCUT2D eigenvalue weighted by molar-refractivity contribution is 0.319. The smallest absolute Gasteiger partial charge is 0.240 e. The second-order valence-corrected chi connectivity index (χ2v) is 5.74. The molecule has 1 aliphatic heterocycles. The number of benzene rings is 1. The van der Waals surface area contributed by atoms with Crippen LogP contribution in [0, 0.1) is 0 Å². The summed E-state index contributed by atoms with van der Waals surface area (Å²) in [7, 11) is 0. The Bertz CT molecular complexity index is 766. The average Bonchev–Trinajstić information content (AvgIpc) is 3.22. The molecule has 23 heavy (non-hydrogen) atoms. The molecule has 0 aliphatic carbocycles. The summed E-state index contributed by atoms with van der Waals surface area (Å²) in [5.74, 6) is 2.40. The predicted molar refractivity (Wildman–Crippen MR) is 82.5 cm³/mol. The van der Waals surface area contributed by atoms with Gasteiger partial charge in [-0.3, -0.25) is 0 Å². The van der Waals surface area contributed by atoms with Crippen molar-refractivity contribution in [1.29, 1.82) is 0 Å². The quantitative estimate of drug-likeness (QED) is 0.766. The van der Waals surface area contributed by atoms with Crippen molar-refractivity contribution >= 4 is 0 Å². The third kappa shape index (κ3) is 3.29. The van der Waals surface area contributed by atoms with Crippen LogP contribution in [0.1, 0.15) is 29.5 Å². The van der Waals surface area contributed by atoms with E-state index in [2.05, 4.69) is 37.7 Å². The third-order valence-electron chi connectivity index (χ3n) is 4.06. The number of nitrogens with one attached hydrogen (secondary N) is 1. The molecule has 0 radical (unpaired) electrons. The van der Waals surface area contributed by atoms with Crippen LogP contribution in [0.3, 0.4) is 0 Å². The van der Waals surface area contributed by atoms with Crippen LogP contribution in [0.4, 0.5) is 0 Å². The van der Waals surface area contributed by atoms with Gasteiger partial charge in [0, 0.05) is 18.9 Å². The summed E-state index contributed by atoms with van der Waals surface area (Å²) in [6.07, 6.45) is 4.30. The van der Waals surface area contributed by atoms with Crippen molar-refractivity contribution in [2.24, 2.45) is 0 Å². The lowest BCUT2D eigenvalue weighted by atomic mass is 10.1. The van der Waals surface area contributed by atoms with Crippen LogP contribution in [0.5, 0.6) is 0 Å². The molecule has 118 valence electrons. The lowest BCUT2D eigenvalue weighted by Crippen LogP contribution is -2.37. The molecular weight excluding hydrogens is 292 g/mol. The standard InChI is InChI=1S/C16H18N6O/c1-2-4-12(5-3-1)8-14-20-16(23-21-14)9-17-13-6-7-15-18-11-19-22(15)10-13/h1-5,11,13,17H,6-10H2. The molecule has 4 rings (SSSR count). The van der Waals surface area contributed by atoms with Gasteiger partial charge >= 0.3 is 0 Å². The Labute approximate surface area is 133 Å². The number of fused-ring (bicyclic) bond motifs is 1. The van der Waals surface area contributed by atoms with Crippen LogP contribution in [0.25, 0.3) is 0 Å². The first-order chi connectivity index (χ1) is 11.4. The Hall–Kier alpha value is -2.54. The summed E-state index contributed by atoms with van der Waals surface area (Å²) in [6, 6.07) is 10.5. The minimum absolute atomic E-state index is 0.355. The molecular formula is C16H18N6O. The molecule has 1 aliphatic rings. The fourth-order valence-corrected chi connectivity index (χ4v) is 2.85. The SMILES string of the molecule is c1ccc(Cc2noc(CNC3CCc4ncnn4C3)n2)cc1. The number of aromatic nitrogens is 5. The van der Waals surface area contributed by atoms with E-state index in [1.54, 1.807) is 6.33 Å². The van der Waals surface area contributed by atoms with E-state index in [1.165, 1.54) is 5.56 Å². The van der Waals surface area contributed by atoms with Crippen molar-refractivity contribution in [3.05, 3.63) is 59.8 Å². The summed E-state index contributed by atoms with van der Waals surface area (Å²) >= 11 is 0. The van der Waals surface area contributed by atoms with Crippen molar-refractivity contribution in [1.82, 2.24) is 30.2 Å². The molecule has 0 bridgehead atoms. The van der Waals surface area contributed by atoms with E-state index < -0.39 is 0 Å². The zero-order chi connectivity index (χ0) is 15.5. The Kier molecular flexibility index (Phi) is 3.85. The van der Waals surface area contributed by atoms with Gasteiger partial charge in [0.25, 0.3) is 0 Å². The lowest BCUT2D eigenvalue weighted by Gasteiger charge is -2.22. The molecule has 7 heteroatoms. The van der Waals surface area contributed by atoms with E-state index in [-0.39, 0.29) is 0 Å². The van der Waals surface area contributed by atoms with Gasteiger partial charge < -0.3 is 9.84 Å². The molecule has 7 nitrogen and oxygen atoms in total. The molecule has 0 spiro atoms. The summed E-state index contributed by atoms with van der Waals surface area (Å²) in [4.78, 5) is 8.69. The molecule has 0 saturated heterocycles. The fourth-order valence-electron chi connectivity index (χ4n) is 2.85. The molecule has 0 amide bonds. The molecule has 3 heterocycles. The maximum Gasteiger partial charge on any atom is 0.240 e. The molecule has 0 fully saturated rings. The Balaban J connectivity index is 1.32. The predicted octanol–water partition coefficient (Wildman–Crippen LogP) is 1.36. The average molecular weight is 310 g/mol. The highest BCUT2D eigenvalue weighted by molar-refractivity contribution is 5.18. The Morgan fingerprint density at radius 3 is 3.09 bits per heavy atom.